The summed E-state index contributed by atoms with van der Waals surface area (Å²) in [6, 6.07) is 15.7. The van der Waals surface area contributed by atoms with Crippen molar-refractivity contribution >= 4 is 40.0 Å². The standard InChI is InChI=1S/C50H48N2S2/c1-2-14-32(15-3-1)50-51-44(30-45(52-50)39-22-10-16-31-13-4-5-17-36(31)39)35-28-33(37-20-11-23-42-40-18-6-8-25-46(40)53-48(37)42)27-34(29-35)38-21-12-24-43-41-19-7-9-26-47(41)54-49(38)43/h1-2,4-5,8-11,13-14,16-17,20-23,25-26,28-30,34,42-44,48-52H,3,6-7,12,15,18-19,24,27H2. The first-order valence-electron chi connectivity index (χ1n) is 20.5. The van der Waals surface area contributed by atoms with Crippen LogP contribution in [0, 0.1) is 17.8 Å². The molecule has 0 spiro atoms. The van der Waals surface area contributed by atoms with Gasteiger partial charge in [0.1, 0.15) is 6.17 Å². The molecule has 270 valence electrons. The molecule has 11 rings (SSSR count). The van der Waals surface area contributed by atoms with Crippen molar-refractivity contribution in [3.05, 3.63) is 182 Å². The molecule has 6 aliphatic carbocycles. The van der Waals surface area contributed by atoms with E-state index in [1.54, 1.807) is 32.8 Å². The molecule has 0 saturated heterocycles. The third-order valence-electron chi connectivity index (χ3n) is 13.3. The van der Waals surface area contributed by atoms with Crippen LogP contribution in [0.15, 0.2) is 176 Å². The first-order valence-corrected chi connectivity index (χ1v) is 22.2. The van der Waals surface area contributed by atoms with Gasteiger partial charge in [-0.15, -0.1) is 23.5 Å². The molecule has 4 heteroatoms. The zero-order valence-corrected chi connectivity index (χ0v) is 32.5. The molecule has 7 atom stereocenters. The van der Waals surface area contributed by atoms with E-state index in [-0.39, 0.29) is 12.2 Å². The van der Waals surface area contributed by atoms with Crippen LogP contribution >= 0.6 is 23.5 Å². The van der Waals surface area contributed by atoms with E-state index < -0.39 is 0 Å². The van der Waals surface area contributed by atoms with Gasteiger partial charge < -0.3 is 5.32 Å². The van der Waals surface area contributed by atoms with Gasteiger partial charge >= 0.3 is 0 Å². The van der Waals surface area contributed by atoms with Gasteiger partial charge in [0.2, 0.25) is 0 Å². The minimum absolute atomic E-state index is 0.0673. The van der Waals surface area contributed by atoms with E-state index in [1.165, 1.54) is 76.6 Å². The maximum Gasteiger partial charge on any atom is 0.100 e. The molecule has 0 saturated carbocycles. The Labute approximate surface area is 329 Å². The van der Waals surface area contributed by atoms with Crippen LogP contribution in [0.3, 0.4) is 0 Å². The van der Waals surface area contributed by atoms with Crippen LogP contribution in [0.1, 0.15) is 63.4 Å². The summed E-state index contributed by atoms with van der Waals surface area (Å²) in [4.78, 5) is 3.11. The SMILES string of the molecule is C1=CCCC(C2NC(c3cccc4ccccc34)=CC(C3=CC(C4=CCCC5C6=C(C=CCC6)SC45)CC(C4=CC=CC5C6=C(C=CCC6)SC45)=C3)N2)=C1. The molecule has 3 aliphatic heterocycles. The average molecular weight is 741 g/mol. The Morgan fingerprint density at radius 2 is 1.57 bits per heavy atom. The van der Waals surface area contributed by atoms with Crippen LogP contribution in [0.25, 0.3) is 16.5 Å². The summed E-state index contributed by atoms with van der Waals surface area (Å²) in [6.07, 6.45) is 45.0. The lowest BCUT2D eigenvalue weighted by Gasteiger charge is -2.39. The van der Waals surface area contributed by atoms with Crippen LogP contribution in [-0.2, 0) is 0 Å². The predicted molar refractivity (Wildman–Crippen MR) is 232 cm³/mol. The Morgan fingerprint density at radius 1 is 0.741 bits per heavy atom. The van der Waals surface area contributed by atoms with Crippen molar-refractivity contribution in [2.45, 2.75) is 80.5 Å². The second kappa shape index (κ2) is 14.0. The lowest BCUT2D eigenvalue weighted by atomic mass is 9.72. The van der Waals surface area contributed by atoms with E-state index in [4.69, 9.17) is 0 Å². The number of benzene rings is 2. The van der Waals surface area contributed by atoms with Crippen LogP contribution in [0.2, 0.25) is 0 Å². The van der Waals surface area contributed by atoms with E-state index in [1.807, 2.05) is 0 Å². The Kier molecular flexibility index (Phi) is 8.63. The predicted octanol–water partition coefficient (Wildman–Crippen LogP) is 12.1. The number of rotatable bonds is 5. The molecule has 2 aromatic rings. The van der Waals surface area contributed by atoms with Crippen molar-refractivity contribution in [1.82, 2.24) is 10.6 Å². The molecule has 0 amide bonds. The van der Waals surface area contributed by atoms with Gasteiger partial charge in [-0.2, -0.15) is 0 Å². The molecular weight excluding hydrogens is 693 g/mol. The molecule has 2 N–H and O–H groups in total. The first kappa shape index (κ1) is 33.4. The molecular formula is C50H48N2S2. The third-order valence-corrected chi connectivity index (χ3v) is 16.2. The number of hydrogen-bond acceptors (Lipinski definition) is 4. The highest BCUT2D eigenvalue weighted by atomic mass is 32.2. The maximum atomic E-state index is 4.16. The summed E-state index contributed by atoms with van der Waals surface area (Å²) in [7, 11) is 0. The lowest BCUT2D eigenvalue weighted by Crippen LogP contribution is -2.52. The molecule has 3 heterocycles. The number of fused-ring (bicyclic) bond motifs is 5. The zero-order valence-electron chi connectivity index (χ0n) is 30.8. The van der Waals surface area contributed by atoms with E-state index in [2.05, 4.69) is 162 Å². The van der Waals surface area contributed by atoms with Gasteiger partial charge in [0, 0.05) is 43.4 Å². The molecule has 54 heavy (non-hydrogen) atoms. The Hall–Kier alpha value is -3.96. The molecule has 9 aliphatic rings. The van der Waals surface area contributed by atoms with Gasteiger partial charge in [-0.25, -0.2) is 0 Å². The van der Waals surface area contributed by atoms with Gasteiger partial charge in [0.15, 0.2) is 0 Å². The van der Waals surface area contributed by atoms with E-state index in [0.29, 0.717) is 28.3 Å². The number of hydrogen-bond donors (Lipinski definition) is 2. The van der Waals surface area contributed by atoms with Crippen molar-refractivity contribution in [2.75, 3.05) is 0 Å². The molecule has 0 fully saturated rings. The summed E-state index contributed by atoms with van der Waals surface area (Å²) >= 11 is 4.31. The van der Waals surface area contributed by atoms with Crippen molar-refractivity contribution in [1.29, 1.82) is 0 Å². The van der Waals surface area contributed by atoms with Gasteiger partial charge in [-0.1, -0.05) is 133 Å². The second-order valence-electron chi connectivity index (χ2n) is 16.3. The molecule has 0 radical (unpaired) electrons. The fourth-order valence-corrected chi connectivity index (χ4v) is 14.0. The summed E-state index contributed by atoms with van der Waals surface area (Å²) in [5.74, 6) is 1.60. The summed E-state index contributed by atoms with van der Waals surface area (Å²) in [5, 5.41) is 11.8. The van der Waals surface area contributed by atoms with E-state index in [9.17, 15) is 0 Å². The minimum atomic E-state index is 0.0673. The third kappa shape index (κ3) is 5.83. The van der Waals surface area contributed by atoms with E-state index in [0.717, 1.165) is 19.3 Å². The Morgan fingerprint density at radius 3 is 2.48 bits per heavy atom. The number of allylic oxidation sites excluding steroid dienone is 15. The number of thioether (sulfide) groups is 2. The smallest absolute Gasteiger partial charge is 0.100 e. The fraction of sp³-hybridized carbons (Fsp3) is 0.320. The fourth-order valence-electron chi connectivity index (χ4n) is 10.7. The topological polar surface area (TPSA) is 24.1 Å². The maximum absolute atomic E-state index is 4.16. The largest absolute Gasteiger partial charge is 0.366 e. The molecule has 0 bridgehead atoms. The lowest BCUT2D eigenvalue weighted by molar-refractivity contribution is 0.478. The normalized spacial score (nSPS) is 32.5. The van der Waals surface area contributed by atoms with Gasteiger partial charge in [-0.05, 0) is 108 Å². The van der Waals surface area contributed by atoms with E-state index >= 15 is 0 Å². The zero-order chi connectivity index (χ0) is 35.6. The minimum Gasteiger partial charge on any atom is -0.366 e. The molecule has 2 nitrogen and oxygen atoms in total. The van der Waals surface area contributed by atoms with Crippen LogP contribution < -0.4 is 10.6 Å². The van der Waals surface area contributed by atoms with Gasteiger partial charge in [-0.3, -0.25) is 5.32 Å². The first-order chi connectivity index (χ1) is 26.7. The van der Waals surface area contributed by atoms with Crippen LogP contribution in [0.5, 0.6) is 0 Å². The molecule has 2 aromatic carbocycles. The summed E-state index contributed by atoms with van der Waals surface area (Å²) in [6.45, 7) is 0. The van der Waals surface area contributed by atoms with Crippen molar-refractivity contribution in [3.63, 3.8) is 0 Å². The Balaban J connectivity index is 1.02. The van der Waals surface area contributed by atoms with Crippen LogP contribution in [-0.4, -0.2) is 22.7 Å². The summed E-state index contributed by atoms with van der Waals surface area (Å²) < 4.78 is 0. The Bertz CT molecular complexity index is 2310. The van der Waals surface area contributed by atoms with Crippen molar-refractivity contribution in [2.24, 2.45) is 17.8 Å². The van der Waals surface area contributed by atoms with Gasteiger partial charge in [0.25, 0.3) is 0 Å². The van der Waals surface area contributed by atoms with Gasteiger partial charge in [0.05, 0.1) is 6.04 Å². The number of nitrogens with one attached hydrogen (secondary N) is 2. The molecule has 7 unspecified atom stereocenters. The molecule has 0 aromatic heterocycles. The quantitative estimate of drug-likeness (QED) is 0.298. The highest BCUT2D eigenvalue weighted by molar-refractivity contribution is 8.04. The van der Waals surface area contributed by atoms with Crippen LogP contribution in [0.4, 0.5) is 0 Å². The van der Waals surface area contributed by atoms with Crippen molar-refractivity contribution in [3.8, 4) is 0 Å². The average Bonchev–Trinajstić information content (AvgIpc) is 3.82. The highest BCUT2D eigenvalue weighted by Crippen LogP contribution is 2.57. The highest BCUT2D eigenvalue weighted by Gasteiger charge is 2.43. The summed E-state index contributed by atoms with van der Waals surface area (Å²) in [5.41, 5.74) is 13.6. The second-order valence-corrected chi connectivity index (χ2v) is 18.7. The monoisotopic (exact) mass is 740 g/mol. The van der Waals surface area contributed by atoms with Crippen molar-refractivity contribution < 1.29 is 0 Å².